The number of rotatable bonds is 10. The lowest BCUT2D eigenvalue weighted by atomic mass is 10.1. The number of benzene rings is 1. The smallest absolute Gasteiger partial charge is 0.345 e. The van der Waals surface area contributed by atoms with E-state index in [4.69, 9.17) is 14.2 Å². The van der Waals surface area contributed by atoms with Crippen molar-refractivity contribution in [2.24, 2.45) is 5.92 Å². The molecule has 1 aromatic rings. The molecule has 1 aromatic carbocycles. The topological polar surface area (TPSA) is 61.8 Å². The third-order valence-electron chi connectivity index (χ3n) is 3.11. The van der Waals surface area contributed by atoms with Crippen molar-refractivity contribution in [3.05, 3.63) is 35.4 Å². The molecule has 0 amide bonds. The molecule has 25 heavy (non-hydrogen) atoms. The van der Waals surface area contributed by atoms with Gasteiger partial charge in [0, 0.05) is 5.56 Å². The van der Waals surface area contributed by atoms with Crippen LogP contribution in [0.5, 0.6) is 5.75 Å². The predicted molar refractivity (Wildman–Crippen MR) is 97.3 cm³/mol. The average Bonchev–Trinajstić information content (AvgIpc) is 2.61. The molecule has 0 aliphatic rings. The van der Waals surface area contributed by atoms with E-state index in [1.54, 1.807) is 12.1 Å². The van der Waals surface area contributed by atoms with Gasteiger partial charge in [0.2, 0.25) is 0 Å². The van der Waals surface area contributed by atoms with Crippen molar-refractivity contribution in [2.75, 3.05) is 19.8 Å². The molecule has 0 N–H and O–H groups in total. The first-order chi connectivity index (χ1) is 12.0. The van der Waals surface area contributed by atoms with Crippen LogP contribution in [0.25, 0.3) is 6.08 Å². The quantitative estimate of drug-likeness (QED) is 0.277. The van der Waals surface area contributed by atoms with E-state index >= 15 is 0 Å². The first-order valence-corrected chi connectivity index (χ1v) is 8.77. The highest BCUT2D eigenvalue weighted by Gasteiger charge is 2.22. The molecule has 0 bridgehead atoms. The maximum Gasteiger partial charge on any atom is 0.345 e. The monoisotopic (exact) mass is 348 g/mol. The van der Waals surface area contributed by atoms with Gasteiger partial charge in [-0.05, 0) is 30.9 Å². The highest BCUT2D eigenvalue weighted by Crippen LogP contribution is 2.22. The van der Waals surface area contributed by atoms with Gasteiger partial charge >= 0.3 is 11.9 Å². The Morgan fingerprint density at radius 3 is 2.08 bits per heavy atom. The molecule has 0 aromatic heterocycles. The third kappa shape index (κ3) is 7.42. The lowest BCUT2D eigenvalue weighted by Gasteiger charge is -2.12. The zero-order valence-electron chi connectivity index (χ0n) is 15.5. The van der Waals surface area contributed by atoms with Crippen LogP contribution < -0.4 is 4.74 Å². The molecule has 0 saturated heterocycles. The van der Waals surface area contributed by atoms with Gasteiger partial charge in [-0.1, -0.05) is 45.9 Å². The fourth-order valence-electron chi connectivity index (χ4n) is 1.89. The van der Waals surface area contributed by atoms with Gasteiger partial charge < -0.3 is 14.2 Å². The molecular formula is C20H28O5. The van der Waals surface area contributed by atoms with Crippen molar-refractivity contribution >= 4 is 18.0 Å². The van der Waals surface area contributed by atoms with E-state index in [0.717, 1.165) is 0 Å². The van der Waals surface area contributed by atoms with Crippen LogP contribution >= 0.6 is 0 Å². The fraction of sp³-hybridized carbons (Fsp3) is 0.500. The number of carbonyl (C=O) groups is 2. The first kappa shape index (κ1) is 20.7. The molecule has 0 heterocycles. The Balaban J connectivity index is 3.11. The molecule has 5 heteroatoms. The zero-order valence-corrected chi connectivity index (χ0v) is 15.5. The second-order valence-corrected chi connectivity index (χ2v) is 6.07. The average molecular weight is 348 g/mol. The highest BCUT2D eigenvalue weighted by molar-refractivity contribution is 6.17. The Morgan fingerprint density at radius 2 is 1.56 bits per heavy atom. The number of esters is 2. The second kappa shape index (κ2) is 11.3. The maximum absolute atomic E-state index is 12.3. The predicted octanol–water partition coefficient (Wildman–Crippen LogP) is 4.01. The van der Waals surface area contributed by atoms with Crippen molar-refractivity contribution in [1.29, 1.82) is 0 Å². The maximum atomic E-state index is 12.3. The minimum absolute atomic E-state index is 0.123. The summed E-state index contributed by atoms with van der Waals surface area (Å²) >= 11 is 0. The van der Waals surface area contributed by atoms with E-state index in [2.05, 4.69) is 0 Å². The Labute approximate surface area is 150 Å². The van der Waals surface area contributed by atoms with Crippen LogP contribution in [0.4, 0.5) is 0 Å². The van der Waals surface area contributed by atoms with Gasteiger partial charge in [-0.25, -0.2) is 9.59 Å². The van der Waals surface area contributed by atoms with Crippen LogP contribution in [-0.2, 0) is 19.1 Å². The largest absolute Gasteiger partial charge is 0.493 e. The lowest BCUT2D eigenvalue weighted by Crippen LogP contribution is -2.19. The molecule has 0 saturated carbocycles. The van der Waals surface area contributed by atoms with Gasteiger partial charge in [0.15, 0.2) is 0 Å². The molecule has 0 atom stereocenters. The zero-order chi connectivity index (χ0) is 18.7. The minimum Gasteiger partial charge on any atom is -0.493 e. The number of hydrogen-bond donors (Lipinski definition) is 0. The molecule has 5 nitrogen and oxygen atoms in total. The fourth-order valence-corrected chi connectivity index (χ4v) is 1.89. The standard InChI is InChI=1S/C20H28O5/c1-5-11-23-19(21)17(20(22)24-12-6-2)13-16-9-7-8-10-18(16)25-14-15(3)4/h7-10,13,15H,5-6,11-12,14H2,1-4H3. The third-order valence-corrected chi connectivity index (χ3v) is 3.11. The van der Waals surface area contributed by atoms with Crippen molar-refractivity contribution in [2.45, 2.75) is 40.5 Å². The van der Waals surface area contributed by atoms with E-state index in [1.165, 1.54) is 6.08 Å². The lowest BCUT2D eigenvalue weighted by molar-refractivity contribution is -0.147. The van der Waals surface area contributed by atoms with Crippen LogP contribution in [0.3, 0.4) is 0 Å². The summed E-state index contributed by atoms with van der Waals surface area (Å²) in [5.41, 5.74) is 0.516. The first-order valence-electron chi connectivity index (χ1n) is 8.77. The van der Waals surface area contributed by atoms with Crippen molar-refractivity contribution in [3.63, 3.8) is 0 Å². The van der Waals surface area contributed by atoms with Crippen LogP contribution in [0, 0.1) is 5.92 Å². The summed E-state index contributed by atoms with van der Waals surface area (Å²) in [6, 6.07) is 7.26. The van der Waals surface area contributed by atoms with Gasteiger partial charge in [0.1, 0.15) is 11.3 Å². The van der Waals surface area contributed by atoms with Gasteiger partial charge in [-0.2, -0.15) is 0 Å². The van der Waals surface area contributed by atoms with E-state index in [0.29, 0.717) is 36.7 Å². The molecule has 1 rings (SSSR count). The van der Waals surface area contributed by atoms with Gasteiger partial charge in [-0.15, -0.1) is 0 Å². The molecule has 0 unspecified atom stereocenters. The van der Waals surface area contributed by atoms with Gasteiger partial charge in [0.05, 0.1) is 19.8 Å². The SMILES string of the molecule is CCCOC(=O)C(=Cc1ccccc1OCC(C)C)C(=O)OCCC. The highest BCUT2D eigenvalue weighted by atomic mass is 16.6. The number of hydrogen-bond acceptors (Lipinski definition) is 5. The Kier molecular flexibility index (Phi) is 9.37. The molecule has 0 aliphatic carbocycles. The minimum atomic E-state index is -0.679. The molecule has 0 spiro atoms. The van der Waals surface area contributed by atoms with Crippen LogP contribution in [-0.4, -0.2) is 31.8 Å². The van der Waals surface area contributed by atoms with Gasteiger partial charge in [-0.3, -0.25) is 0 Å². The Hall–Kier alpha value is -2.30. The summed E-state index contributed by atoms with van der Waals surface area (Å²) in [4.78, 5) is 24.5. The summed E-state index contributed by atoms with van der Waals surface area (Å²) in [5, 5.41) is 0. The van der Waals surface area contributed by atoms with Gasteiger partial charge in [0.25, 0.3) is 0 Å². The summed E-state index contributed by atoms with van der Waals surface area (Å²) < 4.78 is 16.0. The number of para-hydroxylation sites is 1. The summed E-state index contributed by atoms with van der Waals surface area (Å²) in [5.74, 6) is -0.385. The van der Waals surface area contributed by atoms with E-state index in [9.17, 15) is 9.59 Å². The Bertz CT molecular complexity index is 568. The van der Waals surface area contributed by atoms with Crippen LogP contribution in [0.2, 0.25) is 0 Å². The van der Waals surface area contributed by atoms with E-state index < -0.39 is 11.9 Å². The van der Waals surface area contributed by atoms with E-state index in [-0.39, 0.29) is 18.8 Å². The molecule has 0 radical (unpaired) electrons. The number of carbonyl (C=O) groups excluding carboxylic acids is 2. The van der Waals surface area contributed by atoms with E-state index in [1.807, 2.05) is 39.8 Å². The normalized spacial score (nSPS) is 10.3. The van der Waals surface area contributed by atoms with Crippen molar-refractivity contribution in [1.82, 2.24) is 0 Å². The second-order valence-electron chi connectivity index (χ2n) is 6.07. The molecule has 0 aliphatic heterocycles. The van der Waals surface area contributed by atoms with Crippen molar-refractivity contribution < 1.29 is 23.8 Å². The van der Waals surface area contributed by atoms with Crippen LogP contribution in [0.15, 0.2) is 29.8 Å². The molecular weight excluding hydrogens is 320 g/mol. The van der Waals surface area contributed by atoms with Crippen LogP contribution in [0.1, 0.15) is 46.1 Å². The molecule has 0 fully saturated rings. The Morgan fingerprint density at radius 1 is 1.00 bits per heavy atom. The summed E-state index contributed by atoms with van der Waals surface area (Å²) in [6.07, 6.45) is 2.83. The summed E-state index contributed by atoms with van der Waals surface area (Å²) in [6.45, 7) is 8.93. The van der Waals surface area contributed by atoms with Crippen molar-refractivity contribution in [3.8, 4) is 5.75 Å². The molecule has 138 valence electrons. The number of ether oxygens (including phenoxy) is 3. The summed E-state index contributed by atoms with van der Waals surface area (Å²) in [7, 11) is 0.